The summed E-state index contributed by atoms with van der Waals surface area (Å²) in [5.41, 5.74) is 1.19. The lowest BCUT2D eigenvalue weighted by atomic mass is 9.95. The number of amides is 2. The molecular formula is C24H37N3O3. The Morgan fingerprint density at radius 2 is 1.77 bits per heavy atom. The van der Waals surface area contributed by atoms with Crippen molar-refractivity contribution in [3.05, 3.63) is 29.8 Å². The molecule has 2 saturated heterocycles. The van der Waals surface area contributed by atoms with Crippen LogP contribution in [-0.2, 0) is 9.59 Å². The number of benzene rings is 1. The summed E-state index contributed by atoms with van der Waals surface area (Å²) in [6, 6.07) is 8.29. The summed E-state index contributed by atoms with van der Waals surface area (Å²) in [5, 5.41) is 3.01. The Labute approximate surface area is 180 Å². The maximum Gasteiger partial charge on any atom is 0.237 e. The molecule has 30 heavy (non-hydrogen) atoms. The summed E-state index contributed by atoms with van der Waals surface area (Å²) in [6.45, 7) is 5.73. The number of carbonyl (C=O) groups excluding carboxylic acids is 2. The van der Waals surface area contributed by atoms with Gasteiger partial charge in [0, 0.05) is 19.0 Å². The van der Waals surface area contributed by atoms with Crippen LogP contribution in [0.5, 0.6) is 5.75 Å². The number of methoxy groups -OCH3 is 1. The number of rotatable bonds is 7. The first kappa shape index (κ1) is 22.6. The molecule has 1 N–H and O–H groups in total. The first-order valence-electron chi connectivity index (χ1n) is 11.6. The summed E-state index contributed by atoms with van der Waals surface area (Å²) in [5.74, 6) is 1.32. The molecule has 0 bridgehead atoms. The highest BCUT2D eigenvalue weighted by atomic mass is 16.5. The Balaban J connectivity index is 1.57. The highest BCUT2D eigenvalue weighted by molar-refractivity contribution is 5.80. The van der Waals surface area contributed by atoms with Crippen LogP contribution in [0.3, 0.4) is 0 Å². The second-order valence-corrected chi connectivity index (χ2v) is 8.57. The summed E-state index contributed by atoms with van der Waals surface area (Å²) in [6.07, 6.45) is 7.04. The van der Waals surface area contributed by atoms with Crippen molar-refractivity contribution in [2.45, 2.75) is 57.9 Å². The van der Waals surface area contributed by atoms with Crippen molar-refractivity contribution in [3.63, 3.8) is 0 Å². The largest absolute Gasteiger partial charge is 0.497 e. The summed E-state index contributed by atoms with van der Waals surface area (Å²) < 4.78 is 5.29. The van der Waals surface area contributed by atoms with Gasteiger partial charge in [0.2, 0.25) is 11.8 Å². The van der Waals surface area contributed by atoms with E-state index < -0.39 is 0 Å². The fraction of sp³-hybridized carbons (Fsp3) is 0.667. The van der Waals surface area contributed by atoms with E-state index in [4.69, 9.17) is 4.74 Å². The van der Waals surface area contributed by atoms with Gasteiger partial charge >= 0.3 is 0 Å². The summed E-state index contributed by atoms with van der Waals surface area (Å²) in [7, 11) is 1.67. The smallest absolute Gasteiger partial charge is 0.237 e. The molecule has 6 nitrogen and oxygen atoms in total. The number of nitrogens with zero attached hydrogens (tertiary/aromatic N) is 2. The molecule has 166 valence electrons. The number of hydrogen-bond donors (Lipinski definition) is 1. The van der Waals surface area contributed by atoms with Gasteiger partial charge in [0.15, 0.2) is 0 Å². The predicted molar refractivity (Wildman–Crippen MR) is 118 cm³/mol. The molecule has 1 aromatic carbocycles. The molecule has 2 aliphatic rings. The zero-order chi connectivity index (χ0) is 21.3. The molecule has 2 fully saturated rings. The molecule has 2 heterocycles. The van der Waals surface area contributed by atoms with E-state index in [1.165, 1.54) is 12.0 Å². The van der Waals surface area contributed by atoms with Gasteiger partial charge in [-0.15, -0.1) is 0 Å². The van der Waals surface area contributed by atoms with Crippen molar-refractivity contribution >= 4 is 11.8 Å². The number of hydrogen-bond acceptors (Lipinski definition) is 4. The highest BCUT2D eigenvalue weighted by Crippen LogP contribution is 2.31. The average Bonchev–Trinajstić information content (AvgIpc) is 3.04. The van der Waals surface area contributed by atoms with Crippen molar-refractivity contribution in [1.82, 2.24) is 15.1 Å². The maximum absolute atomic E-state index is 13.3. The van der Waals surface area contributed by atoms with Crippen LogP contribution in [0.2, 0.25) is 0 Å². The van der Waals surface area contributed by atoms with E-state index in [-0.39, 0.29) is 23.8 Å². The zero-order valence-electron chi connectivity index (χ0n) is 18.6. The second kappa shape index (κ2) is 11.3. The fourth-order valence-electron chi connectivity index (χ4n) is 4.61. The van der Waals surface area contributed by atoms with Crippen LogP contribution in [0.4, 0.5) is 0 Å². The van der Waals surface area contributed by atoms with Crippen LogP contribution in [0, 0.1) is 5.92 Å². The molecule has 2 aliphatic heterocycles. The zero-order valence-corrected chi connectivity index (χ0v) is 18.6. The Morgan fingerprint density at radius 3 is 2.43 bits per heavy atom. The van der Waals surface area contributed by atoms with E-state index in [1.54, 1.807) is 7.11 Å². The molecule has 1 unspecified atom stereocenters. The molecule has 2 amide bonds. The lowest BCUT2D eigenvalue weighted by molar-refractivity contribution is -0.135. The van der Waals surface area contributed by atoms with E-state index in [1.807, 2.05) is 12.1 Å². The Morgan fingerprint density at radius 1 is 1.03 bits per heavy atom. The molecule has 1 atom stereocenters. The normalized spacial score (nSPS) is 21.1. The number of carbonyl (C=O) groups is 2. The molecule has 0 radical (unpaired) electrons. The van der Waals surface area contributed by atoms with Gasteiger partial charge < -0.3 is 15.0 Å². The van der Waals surface area contributed by atoms with Crippen molar-refractivity contribution in [3.8, 4) is 5.75 Å². The molecule has 6 heteroatoms. The van der Waals surface area contributed by atoms with Crippen LogP contribution in [0.15, 0.2) is 24.3 Å². The van der Waals surface area contributed by atoms with Gasteiger partial charge in [-0.05, 0) is 62.9 Å². The van der Waals surface area contributed by atoms with Crippen molar-refractivity contribution in [2.24, 2.45) is 5.92 Å². The van der Waals surface area contributed by atoms with Crippen LogP contribution in [0.1, 0.15) is 63.5 Å². The van der Waals surface area contributed by atoms with E-state index in [0.29, 0.717) is 6.54 Å². The molecule has 1 aromatic rings. The van der Waals surface area contributed by atoms with E-state index >= 15 is 0 Å². The molecule has 0 saturated carbocycles. The highest BCUT2D eigenvalue weighted by Gasteiger charge is 2.30. The first-order chi connectivity index (χ1) is 14.6. The predicted octanol–water partition coefficient (Wildman–Crippen LogP) is 3.38. The van der Waals surface area contributed by atoms with Gasteiger partial charge in [-0.2, -0.15) is 0 Å². The van der Waals surface area contributed by atoms with Gasteiger partial charge in [0.1, 0.15) is 5.75 Å². The van der Waals surface area contributed by atoms with E-state index in [0.717, 1.165) is 70.5 Å². The first-order valence-corrected chi connectivity index (χ1v) is 11.6. The van der Waals surface area contributed by atoms with Crippen LogP contribution >= 0.6 is 0 Å². The number of piperidine rings is 1. The Kier molecular flexibility index (Phi) is 8.55. The number of likely N-dealkylation sites (tertiary alicyclic amines) is 2. The van der Waals surface area contributed by atoms with Gasteiger partial charge in [-0.3, -0.25) is 14.5 Å². The third kappa shape index (κ3) is 5.97. The van der Waals surface area contributed by atoms with Crippen molar-refractivity contribution in [1.29, 1.82) is 0 Å². The minimum Gasteiger partial charge on any atom is -0.497 e. The van der Waals surface area contributed by atoms with Crippen molar-refractivity contribution < 1.29 is 14.3 Å². The average molecular weight is 416 g/mol. The topological polar surface area (TPSA) is 61.9 Å². The summed E-state index contributed by atoms with van der Waals surface area (Å²) in [4.78, 5) is 29.8. The SMILES string of the molecule is CCCNC(=O)C1CCN(CC(=O)N2CCCCCC2c2ccc(OC)cc2)CC1. The van der Waals surface area contributed by atoms with Crippen LogP contribution in [0.25, 0.3) is 0 Å². The third-order valence-electron chi connectivity index (χ3n) is 6.44. The fourth-order valence-corrected chi connectivity index (χ4v) is 4.61. The Hall–Kier alpha value is -2.08. The monoisotopic (exact) mass is 415 g/mol. The van der Waals surface area contributed by atoms with E-state index in [9.17, 15) is 9.59 Å². The number of nitrogens with one attached hydrogen (secondary N) is 1. The maximum atomic E-state index is 13.3. The lowest BCUT2D eigenvalue weighted by Crippen LogP contribution is -2.46. The van der Waals surface area contributed by atoms with Crippen LogP contribution < -0.4 is 10.1 Å². The minimum atomic E-state index is 0.0909. The molecular weight excluding hydrogens is 378 g/mol. The lowest BCUT2D eigenvalue weighted by Gasteiger charge is -2.35. The van der Waals surface area contributed by atoms with E-state index in [2.05, 4.69) is 34.2 Å². The molecule has 0 aliphatic carbocycles. The second-order valence-electron chi connectivity index (χ2n) is 8.57. The third-order valence-corrected chi connectivity index (χ3v) is 6.44. The number of ether oxygens (including phenoxy) is 1. The van der Waals surface area contributed by atoms with Gasteiger partial charge in [0.05, 0.1) is 19.7 Å². The quantitative estimate of drug-likeness (QED) is 0.742. The van der Waals surface area contributed by atoms with Crippen LogP contribution in [-0.4, -0.2) is 61.4 Å². The molecule has 0 aromatic heterocycles. The van der Waals surface area contributed by atoms with Gasteiger partial charge in [-0.1, -0.05) is 31.9 Å². The minimum absolute atomic E-state index is 0.0909. The Bertz CT molecular complexity index is 683. The summed E-state index contributed by atoms with van der Waals surface area (Å²) >= 11 is 0. The molecule has 0 spiro atoms. The molecule has 3 rings (SSSR count). The van der Waals surface area contributed by atoms with Gasteiger partial charge in [0.25, 0.3) is 0 Å². The van der Waals surface area contributed by atoms with Crippen molar-refractivity contribution in [2.75, 3.05) is 39.8 Å². The standard InChI is InChI=1S/C24H37N3O3/c1-3-14-25-24(29)20-12-16-26(17-13-20)18-23(28)27-15-6-4-5-7-22(27)19-8-10-21(30-2)11-9-19/h8-11,20,22H,3-7,12-18H2,1-2H3,(H,25,29). The van der Waals surface area contributed by atoms with Gasteiger partial charge in [-0.25, -0.2) is 0 Å².